The normalized spacial score (nSPS) is 11.3. The maximum atomic E-state index is 12.3. The van der Waals surface area contributed by atoms with Crippen LogP contribution in [0.5, 0.6) is 0 Å². The zero-order chi connectivity index (χ0) is 16.4. The summed E-state index contributed by atoms with van der Waals surface area (Å²) in [5, 5.41) is 10.7. The van der Waals surface area contributed by atoms with Crippen LogP contribution in [0.25, 0.3) is 5.65 Å². The summed E-state index contributed by atoms with van der Waals surface area (Å²) in [7, 11) is 3.97. The van der Waals surface area contributed by atoms with Crippen molar-refractivity contribution in [3.63, 3.8) is 0 Å². The maximum absolute atomic E-state index is 12.3. The van der Waals surface area contributed by atoms with Crippen LogP contribution >= 0.6 is 0 Å². The second kappa shape index (κ2) is 6.17. The molecule has 120 valence electrons. The van der Waals surface area contributed by atoms with Gasteiger partial charge in [-0.05, 0) is 32.6 Å². The van der Waals surface area contributed by atoms with Gasteiger partial charge in [0.15, 0.2) is 5.69 Å². The van der Waals surface area contributed by atoms with Crippen LogP contribution < -0.4 is 5.32 Å². The average molecular weight is 313 g/mol. The fourth-order valence-corrected chi connectivity index (χ4v) is 2.24. The van der Waals surface area contributed by atoms with E-state index in [1.165, 1.54) is 0 Å². The van der Waals surface area contributed by atoms with Gasteiger partial charge >= 0.3 is 0 Å². The number of carbonyl (C=O) groups excluding carboxylic acids is 1. The molecular weight excluding hydrogens is 294 g/mol. The molecular formula is C15H19N7O. The number of aryl methyl sites for hydroxylation is 1. The number of likely N-dealkylation sites (N-methyl/N-ethyl adjacent to an activating group) is 1. The molecule has 0 aliphatic carbocycles. The van der Waals surface area contributed by atoms with Crippen LogP contribution in [-0.2, 0) is 6.54 Å². The summed E-state index contributed by atoms with van der Waals surface area (Å²) in [5.41, 5.74) is 2.14. The lowest BCUT2D eigenvalue weighted by atomic mass is 10.3. The van der Waals surface area contributed by atoms with Crippen LogP contribution in [0.2, 0.25) is 0 Å². The average Bonchev–Trinajstić information content (AvgIpc) is 3.13. The quantitative estimate of drug-likeness (QED) is 0.761. The van der Waals surface area contributed by atoms with E-state index in [0.29, 0.717) is 12.4 Å². The molecule has 23 heavy (non-hydrogen) atoms. The van der Waals surface area contributed by atoms with Gasteiger partial charge in [0.05, 0.1) is 18.9 Å². The molecule has 0 unspecified atom stereocenters. The van der Waals surface area contributed by atoms with E-state index in [-0.39, 0.29) is 11.6 Å². The first kappa shape index (κ1) is 15.2. The Hall–Kier alpha value is -2.74. The summed E-state index contributed by atoms with van der Waals surface area (Å²) in [6.45, 7) is 3.49. The predicted molar refractivity (Wildman–Crippen MR) is 86.5 cm³/mol. The van der Waals surface area contributed by atoms with E-state index in [2.05, 4.69) is 20.6 Å². The minimum Gasteiger partial charge on any atom is -0.308 e. The monoisotopic (exact) mass is 313 g/mol. The Bertz CT molecular complexity index is 833. The molecule has 0 aromatic carbocycles. The zero-order valence-corrected chi connectivity index (χ0v) is 13.4. The number of nitrogens with one attached hydrogen (secondary N) is 1. The third-order valence-corrected chi connectivity index (χ3v) is 3.52. The topological polar surface area (TPSA) is 80.4 Å². The number of fused-ring (bicyclic) bond motifs is 1. The first-order valence-electron chi connectivity index (χ1n) is 7.33. The molecule has 0 aliphatic heterocycles. The number of carbonyl (C=O) groups is 1. The van der Waals surface area contributed by atoms with Crippen molar-refractivity contribution in [3.05, 3.63) is 42.0 Å². The Morgan fingerprint density at radius 1 is 1.39 bits per heavy atom. The van der Waals surface area contributed by atoms with E-state index < -0.39 is 0 Å². The van der Waals surface area contributed by atoms with Gasteiger partial charge in [-0.25, -0.2) is 4.98 Å². The highest BCUT2D eigenvalue weighted by Crippen LogP contribution is 2.15. The number of hydrogen-bond acceptors (Lipinski definition) is 5. The number of imidazole rings is 1. The highest BCUT2D eigenvalue weighted by molar-refractivity contribution is 6.02. The zero-order valence-electron chi connectivity index (χ0n) is 13.4. The summed E-state index contributed by atoms with van der Waals surface area (Å²) in [6.07, 6.45) is 5.14. The molecule has 0 spiro atoms. The van der Waals surface area contributed by atoms with Crippen molar-refractivity contribution < 1.29 is 4.79 Å². The van der Waals surface area contributed by atoms with E-state index in [1.807, 2.05) is 48.6 Å². The second-order valence-electron chi connectivity index (χ2n) is 5.65. The van der Waals surface area contributed by atoms with Crippen LogP contribution in [0, 0.1) is 6.92 Å². The molecule has 0 bridgehead atoms. The molecule has 0 fully saturated rings. The van der Waals surface area contributed by atoms with Gasteiger partial charge < -0.3 is 10.2 Å². The van der Waals surface area contributed by atoms with E-state index >= 15 is 0 Å². The number of rotatable bonds is 5. The Morgan fingerprint density at radius 3 is 3.00 bits per heavy atom. The molecule has 0 radical (unpaired) electrons. The number of hydrogen-bond donors (Lipinski definition) is 1. The van der Waals surface area contributed by atoms with Gasteiger partial charge in [-0.2, -0.15) is 0 Å². The number of nitrogens with zero attached hydrogens (tertiary/aromatic N) is 6. The van der Waals surface area contributed by atoms with Gasteiger partial charge in [-0.15, -0.1) is 5.10 Å². The fourth-order valence-electron chi connectivity index (χ4n) is 2.24. The van der Waals surface area contributed by atoms with Gasteiger partial charge in [0.2, 0.25) is 0 Å². The molecule has 0 saturated heterocycles. The van der Waals surface area contributed by atoms with Crippen LogP contribution in [0.1, 0.15) is 16.1 Å². The van der Waals surface area contributed by atoms with Crippen LogP contribution in [0.15, 0.2) is 30.7 Å². The second-order valence-corrected chi connectivity index (χ2v) is 5.65. The van der Waals surface area contributed by atoms with Crippen molar-refractivity contribution in [2.24, 2.45) is 0 Å². The summed E-state index contributed by atoms with van der Waals surface area (Å²) < 4.78 is 3.50. The standard InChI is InChI=1S/C15H19N7O/c1-11-5-4-6-22-13(9-16-14(11)22)17-15(23)12-10-21(19-18-12)8-7-20(2)3/h4-6,9-10H,7-8H2,1-3H3,(H,17,23). The molecule has 0 aliphatic rings. The van der Waals surface area contributed by atoms with Crippen LogP contribution in [0.3, 0.4) is 0 Å². The molecule has 8 nitrogen and oxygen atoms in total. The molecule has 3 aromatic rings. The minimum absolute atomic E-state index is 0.284. The SMILES string of the molecule is Cc1cccn2c(NC(=O)c3cn(CCN(C)C)nn3)cnc12. The van der Waals surface area contributed by atoms with E-state index in [0.717, 1.165) is 17.8 Å². The Morgan fingerprint density at radius 2 is 2.22 bits per heavy atom. The Kier molecular flexibility index (Phi) is 4.07. The van der Waals surface area contributed by atoms with Crippen molar-refractivity contribution in [2.45, 2.75) is 13.5 Å². The summed E-state index contributed by atoms with van der Waals surface area (Å²) >= 11 is 0. The fraction of sp³-hybridized carbons (Fsp3) is 0.333. The number of amides is 1. The first-order valence-corrected chi connectivity index (χ1v) is 7.33. The smallest absolute Gasteiger partial charge is 0.279 e. The third-order valence-electron chi connectivity index (χ3n) is 3.52. The van der Waals surface area contributed by atoms with E-state index in [1.54, 1.807) is 17.1 Å². The largest absolute Gasteiger partial charge is 0.308 e. The lowest BCUT2D eigenvalue weighted by Gasteiger charge is -2.07. The molecule has 8 heteroatoms. The first-order chi connectivity index (χ1) is 11.0. The molecule has 3 rings (SSSR count). The number of pyridine rings is 1. The minimum atomic E-state index is -0.301. The highest BCUT2D eigenvalue weighted by Gasteiger charge is 2.14. The van der Waals surface area contributed by atoms with Gasteiger partial charge in [-0.3, -0.25) is 13.9 Å². The van der Waals surface area contributed by atoms with Crippen molar-refractivity contribution in [1.29, 1.82) is 0 Å². The lowest BCUT2D eigenvalue weighted by Crippen LogP contribution is -2.18. The Labute approximate surface area is 133 Å². The highest BCUT2D eigenvalue weighted by atomic mass is 16.2. The van der Waals surface area contributed by atoms with E-state index in [4.69, 9.17) is 0 Å². The third kappa shape index (κ3) is 3.21. The van der Waals surface area contributed by atoms with Gasteiger partial charge in [0, 0.05) is 12.7 Å². The van der Waals surface area contributed by atoms with Crippen molar-refractivity contribution in [1.82, 2.24) is 29.3 Å². The van der Waals surface area contributed by atoms with Crippen molar-refractivity contribution >= 4 is 17.4 Å². The number of aromatic nitrogens is 5. The van der Waals surface area contributed by atoms with Gasteiger partial charge in [0.25, 0.3) is 5.91 Å². The molecule has 3 aromatic heterocycles. The Balaban J connectivity index is 1.75. The number of anilines is 1. The molecule has 1 N–H and O–H groups in total. The van der Waals surface area contributed by atoms with Crippen molar-refractivity contribution in [2.75, 3.05) is 26.0 Å². The molecule has 0 atom stereocenters. The lowest BCUT2D eigenvalue weighted by molar-refractivity contribution is 0.102. The van der Waals surface area contributed by atoms with Crippen LogP contribution in [-0.4, -0.2) is 55.8 Å². The van der Waals surface area contributed by atoms with Crippen LogP contribution in [0.4, 0.5) is 5.82 Å². The molecule has 1 amide bonds. The molecule has 0 saturated carbocycles. The predicted octanol–water partition coefficient (Wildman–Crippen LogP) is 1.05. The summed E-state index contributed by atoms with van der Waals surface area (Å²) in [5.74, 6) is 0.306. The summed E-state index contributed by atoms with van der Waals surface area (Å²) in [4.78, 5) is 18.7. The van der Waals surface area contributed by atoms with E-state index in [9.17, 15) is 4.79 Å². The van der Waals surface area contributed by atoms with Crippen molar-refractivity contribution in [3.8, 4) is 0 Å². The summed E-state index contributed by atoms with van der Waals surface area (Å²) in [6, 6.07) is 3.89. The van der Waals surface area contributed by atoms with Gasteiger partial charge in [0.1, 0.15) is 11.5 Å². The van der Waals surface area contributed by atoms with Gasteiger partial charge in [-0.1, -0.05) is 11.3 Å². The maximum Gasteiger partial charge on any atom is 0.279 e. The molecule has 3 heterocycles.